The molecular formula is C47H49N3O10S. The molecule has 4 aromatic carbocycles. The molecule has 0 N–H and O–H groups in total. The number of hydrazone groups is 1. The number of aromatic nitrogens is 1. The van der Waals surface area contributed by atoms with E-state index in [1.54, 1.807) is 35.3 Å². The highest BCUT2D eigenvalue weighted by Crippen LogP contribution is 2.31. The van der Waals surface area contributed by atoms with Crippen LogP contribution in [0.25, 0.3) is 10.2 Å². The number of nitrogens with zero attached hydrogens (tertiary/aromatic N) is 3. The molecule has 0 aliphatic heterocycles. The van der Waals surface area contributed by atoms with E-state index in [0.29, 0.717) is 61.2 Å². The molecule has 0 atom stereocenters. The summed E-state index contributed by atoms with van der Waals surface area (Å²) in [5, 5.41) is 7.22. The Morgan fingerprint density at radius 3 is 1.92 bits per heavy atom. The third-order valence-corrected chi connectivity index (χ3v) is 9.93. The Bertz CT molecular complexity index is 2210. The highest BCUT2D eigenvalue weighted by Gasteiger charge is 2.17. The van der Waals surface area contributed by atoms with Crippen LogP contribution in [0.3, 0.4) is 0 Å². The van der Waals surface area contributed by atoms with Gasteiger partial charge in [0.25, 0.3) is 0 Å². The number of hydrogen-bond acceptors (Lipinski definition) is 14. The molecule has 5 rings (SSSR count). The van der Waals surface area contributed by atoms with E-state index < -0.39 is 24.1 Å². The lowest BCUT2D eigenvalue weighted by Gasteiger charge is -2.16. The van der Waals surface area contributed by atoms with Crippen LogP contribution in [0.4, 0.5) is 9.93 Å². The van der Waals surface area contributed by atoms with Crippen molar-refractivity contribution in [3.63, 3.8) is 0 Å². The Hall–Kier alpha value is -6.80. The molecule has 0 aliphatic rings. The van der Waals surface area contributed by atoms with Crippen molar-refractivity contribution in [2.24, 2.45) is 5.10 Å². The largest absolute Gasteiger partial charge is 0.513 e. The molecule has 14 heteroatoms. The number of unbranched alkanes of at least 4 members (excludes halogenated alkanes) is 6. The number of hydrogen-bond donors (Lipinski definition) is 0. The molecule has 0 bridgehead atoms. The number of carbonyl (C=O) groups excluding carboxylic acids is 4. The average molecular weight is 848 g/mol. The molecule has 0 saturated carbocycles. The second-order valence-electron chi connectivity index (χ2n) is 13.5. The summed E-state index contributed by atoms with van der Waals surface area (Å²) in [5.74, 6) is -0.526. The van der Waals surface area contributed by atoms with Crippen LogP contribution in [0, 0.1) is 0 Å². The van der Waals surface area contributed by atoms with E-state index in [-0.39, 0.29) is 18.1 Å². The van der Waals surface area contributed by atoms with E-state index in [1.807, 2.05) is 54.6 Å². The first-order chi connectivity index (χ1) is 29.8. The summed E-state index contributed by atoms with van der Waals surface area (Å²) in [5.41, 5.74) is 2.49. The Labute approximate surface area is 359 Å². The van der Waals surface area contributed by atoms with Crippen molar-refractivity contribution in [3.05, 3.63) is 139 Å². The summed E-state index contributed by atoms with van der Waals surface area (Å²) in [6.07, 6.45) is 9.13. The van der Waals surface area contributed by atoms with Crippen molar-refractivity contribution < 1.29 is 47.6 Å². The molecule has 0 unspecified atom stereocenters. The van der Waals surface area contributed by atoms with Gasteiger partial charge in [-0.05, 0) is 112 Å². The molecule has 0 spiro atoms. The molecule has 318 valence electrons. The summed E-state index contributed by atoms with van der Waals surface area (Å²) >= 11 is 1.49. The minimum Gasteiger partial charge on any atom is -0.494 e. The van der Waals surface area contributed by atoms with Crippen LogP contribution in [-0.2, 0) is 30.3 Å². The summed E-state index contributed by atoms with van der Waals surface area (Å²) in [6, 6.07) is 28.9. The highest BCUT2D eigenvalue weighted by molar-refractivity contribution is 7.22. The van der Waals surface area contributed by atoms with Crippen molar-refractivity contribution in [2.75, 3.05) is 31.4 Å². The predicted octanol–water partition coefficient (Wildman–Crippen LogP) is 10.0. The lowest BCUT2D eigenvalue weighted by molar-refractivity contribution is -0.138. The minimum absolute atomic E-state index is 0.132. The summed E-state index contributed by atoms with van der Waals surface area (Å²) < 4.78 is 33.6. The molecule has 0 amide bonds. The zero-order valence-corrected chi connectivity index (χ0v) is 34.7. The van der Waals surface area contributed by atoms with E-state index >= 15 is 0 Å². The number of ether oxygens (including phenoxy) is 6. The fourth-order valence-corrected chi connectivity index (χ4v) is 6.62. The molecule has 0 saturated heterocycles. The van der Waals surface area contributed by atoms with Gasteiger partial charge in [0.15, 0.2) is 0 Å². The van der Waals surface area contributed by atoms with Crippen LogP contribution < -0.4 is 19.2 Å². The van der Waals surface area contributed by atoms with Crippen molar-refractivity contribution in [1.82, 2.24) is 4.98 Å². The van der Waals surface area contributed by atoms with Crippen LogP contribution in [0.2, 0.25) is 0 Å². The second kappa shape index (κ2) is 25.0. The van der Waals surface area contributed by atoms with E-state index in [4.69, 9.17) is 38.5 Å². The van der Waals surface area contributed by atoms with E-state index in [9.17, 15) is 19.2 Å². The fourth-order valence-electron chi connectivity index (χ4n) is 5.70. The summed E-state index contributed by atoms with van der Waals surface area (Å²) in [7, 11) is 0. The van der Waals surface area contributed by atoms with Crippen molar-refractivity contribution in [2.45, 2.75) is 57.9 Å². The standard InChI is InChI=1S/C47H49N3O10S/c1-3-43(51)56-29-15-6-5-14-28-55-38-24-22-36(23-25-38)45(53)59-39-26-27-41(60-47(54)58-31-17-8-7-16-30-57-44(52)4-2)37(32-39)33-48-50(34-35-18-10-9-11-19-35)46-49-40-20-12-13-21-42(40)61-46/h3-4,9-13,18-27,32-33H,1-2,5-8,14-17,28-31,34H2. The second-order valence-corrected chi connectivity index (χ2v) is 14.5. The van der Waals surface area contributed by atoms with Crippen LogP contribution in [0.15, 0.2) is 127 Å². The van der Waals surface area contributed by atoms with E-state index in [0.717, 1.165) is 66.5 Å². The van der Waals surface area contributed by atoms with Gasteiger partial charge in [0.1, 0.15) is 17.2 Å². The van der Waals surface area contributed by atoms with Gasteiger partial charge in [-0.25, -0.2) is 29.2 Å². The van der Waals surface area contributed by atoms with Crippen LogP contribution in [-0.4, -0.2) is 61.7 Å². The van der Waals surface area contributed by atoms with Crippen LogP contribution in [0.1, 0.15) is 72.9 Å². The van der Waals surface area contributed by atoms with E-state index in [2.05, 4.69) is 13.2 Å². The van der Waals surface area contributed by atoms with Crippen LogP contribution in [0.5, 0.6) is 17.2 Å². The van der Waals surface area contributed by atoms with E-state index in [1.165, 1.54) is 29.7 Å². The zero-order valence-electron chi connectivity index (χ0n) is 33.9. The van der Waals surface area contributed by atoms with Gasteiger partial charge in [0.05, 0.1) is 55.0 Å². The normalized spacial score (nSPS) is 10.8. The quantitative estimate of drug-likeness (QED) is 0.00803. The summed E-state index contributed by atoms with van der Waals surface area (Å²) in [4.78, 5) is 53.3. The van der Waals surface area contributed by atoms with Crippen LogP contribution >= 0.6 is 11.3 Å². The maximum Gasteiger partial charge on any atom is 0.513 e. The first kappa shape index (κ1) is 45.3. The van der Waals surface area contributed by atoms with Gasteiger partial charge in [0.2, 0.25) is 5.13 Å². The smallest absolute Gasteiger partial charge is 0.494 e. The molecule has 13 nitrogen and oxygen atoms in total. The third-order valence-electron chi connectivity index (χ3n) is 8.88. The molecule has 0 fully saturated rings. The number of benzene rings is 4. The number of para-hydroxylation sites is 1. The van der Waals surface area contributed by atoms with Crippen molar-refractivity contribution in [3.8, 4) is 17.2 Å². The molecule has 1 heterocycles. The fraction of sp³-hybridized carbons (Fsp3) is 0.277. The molecule has 61 heavy (non-hydrogen) atoms. The average Bonchev–Trinajstić information content (AvgIpc) is 3.72. The van der Waals surface area contributed by atoms with Gasteiger partial charge in [-0.2, -0.15) is 5.10 Å². The third kappa shape index (κ3) is 15.7. The summed E-state index contributed by atoms with van der Waals surface area (Å²) in [6.45, 7) is 8.45. The van der Waals surface area contributed by atoms with Gasteiger partial charge >= 0.3 is 24.1 Å². The molecular weight excluding hydrogens is 799 g/mol. The molecule has 0 aliphatic carbocycles. The van der Waals surface area contributed by atoms with Crippen molar-refractivity contribution >= 4 is 57.0 Å². The van der Waals surface area contributed by atoms with Gasteiger partial charge in [-0.1, -0.05) is 67.0 Å². The number of anilines is 1. The van der Waals surface area contributed by atoms with Gasteiger partial charge in [-0.15, -0.1) is 0 Å². The Balaban J connectivity index is 1.24. The van der Waals surface area contributed by atoms with Crippen molar-refractivity contribution in [1.29, 1.82) is 0 Å². The SMILES string of the molecule is C=CC(=O)OCCCCCCOC(=O)Oc1ccc(OC(=O)c2ccc(OCCCCCCOC(=O)C=C)cc2)cc1C=NN(Cc1ccccc1)c1nc2ccccc2s1. The molecule has 0 radical (unpaired) electrons. The lowest BCUT2D eigenvalue weighted by atomic mass is 10.2. The topological polar surface area (TPSA) is 152 Å². The number of carbonyl (C=O) groups is 4. The molecule has 5 aromatic rings. The number of esters is 3. The highest BCUT2D eigenvalue weighted by atomic mass is 32.1. The minimum atomic E-state index is -0.902. The zero-order chi connectivity index (χ0) is 43.1. The van der Waals surface area contributed by atoms with Gasteiger partial charge in [-0.3, -0.25) is 0 Å². The Morgan fingerprint density at radius 2 is 1.26 bits per heavy atom. The van der Waals surface area contributed by atoms with Gasteiger partial charge in [0, 0.05) is 17.7 Å². The predicted molar refractivity (Wildman–Crippen MR) is 234 cm³/mol. The molecule has 1 aromatic heterocycles. The first-order valence-electron chi connectivity index (χ1n) is 20.0. The number of rotatable bonds is 25. The monoisotopic (exact) mass is 847 g/mol. The maximum atomic E-state index is 13.3. The first-order valence-corrected chi connectivity index (χ1v) is 20.9. The van der Waals surface area contributed by atoms with Gasteiger partial charge < -0.3 is 28.4 Å². The Morgan fingerprint density at radius 1 is 0.656 bits per heavy atom. The number of fused-ring (bicyclic) bond motifs is 1. The Kier molecular flexibility index (Phi) is 18.5. The maximum absolute atomic E-state index is 13.3. The lowest BCUT2D eigenvalue weighted by Crippen LogP contribution is -2.16. The number of thiazole rings is 1.